The van der Waals surface area contributed by atoms with E-state index >= 15 is 0 Å². The van der Waals surface area contributed by atoms with Crippen LogP contribution in [0.4, 0.5) is 0 Å². The van der Waals surface area contributed by atoms with E-state index in [0.29, 0.717) is 17.9 Å². The summed E-state index contributed by atoms with van der Waals surface area (Å²) >= 11 is 1.21. The lowest BCUT2D eigenvalue weighted by atomic mass is 10.2. The Morgan fingerprint density at radius 2 is 1.82 bits per heavy atom. The number of aliphatic carboxylic acids is 1. The van der Waals surface area contributed by atoms with Crippen LogP contribution < -0.4 is 5.32 Å². The zero-order chi connectivity index (χ0) is 16.8. The van der Waals surface area contributed by atoms with E-state index in [1.807, 2.05) is 0 Å². The maximum atomic E-state index is 12.0. The van der Waals surface area contributed by atoms with E-state index < -0.39 is 21.1 Å². The summed E-state index contributed by atoms with van der Waals surface area (Å²) in [5, 5.41) is 10.6. The summed E-state index contributed by atoms with van der Waals surface area (Å²) in [5.74, 6) is -0.710. The van der Waals surface area contributed by atoms with Crippen LogP contribution in [0.5, 0.6) is 0 Å². The van der Waals surface area contributed by atoms with Crippen molar-refractivity contribution in [1.82, 2.24) is 5.32 Å². The van der Waals surface area contributed by atoms with Crippen LogP contribution in [0.1, 0.15) is 24.2 Å². The number of nitrogens with one attached hydrogen (secondary N) is 1. The molecule has 0 aromatic heterocycles. The molecule has 0 fully saturated rings. The summed E-state index contributed by atoms with van der Waals surface area (Å²) in [5.41, 5.74) is 0.367. The van der Waals surface area contributed by atoms with Gasteiger partial charge in [-0.1, -0.05) is 0 Å². The second-order valence-corrected chi connectivity index (χ2v) is 8.43. The van der Waals surface area contributed by atoms with E-state index in [4.69, 9.17) is 5.11 Å². The highest BCUT2D eigenvalue weighted by atomic mass is 32.2. The Kier molecular flexibility index (Phi) is 6.89. The number of sulfone groups is 1. The highest BCUT2D eigenvalue weighted by Gasteiger charge is 2.19. The minimum absolute atomic E-state index is 0.00235. The summed E-state index contributed by atoms with van der Waals surface area (Å²) < 4.78 is 23.9. The molecule has 1 aromatic rings. The lowest BCUT2D eigenvalue weighted by Gasteiger charge is -2.09. The van der Waals surface area contributed by atoms with E-state index in [0.717, 1.165) is 0 Å². The molecule has 1 amide bonds. The van der Waals surface area contributed by atoms with Crippen molar-refractivity contribution >= 4 is 33.5 Å². The third-order valence-corrected chi connectivity index (χ3v) is 5.94. The van der Waals surface area contributed by atoms with E-state index in [1.54, 1.807) is 13.8 Å². The first-order chi connectivity index (χ1) is 10.2. The summed E-state index contributed by atoms with van der Waals surface area (Å²) in [4.78, 5) is 22.4. The van der Waals surface area contributed by atoms with Crippen LogP contribution in [0.25, 0.3) is 0 Å². The largest absolute Gasteiger partial charge is 0.481 e. The monoisotopic (exact) mass is 345 g/mol. The molecule has 0 bridgehead atoms. The minimum Gasteiger partial charge on any atom is -0.481 e. The molecule has 0 saturated carbocycles. The first-order valence-corrected chi connectivity index (χ1v) is 9.37. The topological polar surface area (TPSA) is 101 Å². The molecule has 2 N–H and O–H groups in total. The molecule has 0 saturated heterocycles. The van der Waals surface area contributed by atoms with Gasteiger partial charge in [-0.3, -0.25) is 9.59 Å². The van der Waals surface area contributed by atoms with Crippen LogP contribution in [0.2, 0.25) is 0 Å². The number of thioether (sulfide) groups is 1. The van der Waals surface area contributed by atoms with Crippen molar-refractivity contribution in [2.75, 3.05) is 18.1 Å². The van der Waals surface area contributed by atoms with E-state index in [1.165, 1.54) is 36.0 Å². The number of carbonyl (C=O) groups excluding carboxylic acids is 1. The van der Waals surface area contributed by atoms with Crippen molar-refractivity contribution in [1.29, 1.82) is 0 Å². The molecule has 0 spiro atoms. The van der Waals surface area contributed by atoms with Crippen LogP contribution in [-0.2, 0) is 14.6 Å². The van der Waals surface area contributed by atoms with Crippen molar-refractivity contribution in [3.8, 4) is 0 Å². The highest BCUT2D eigenvalue weighted by Crippen LogP contribution is 2.16. The first-order valence-electron chi connectivity index (χ1n) is 6.67. The number of carboxylic acid groups (broad SMARTS) is 1. The van der Waals surface area contributed by atoms with Gasteiger partial charge in [-0.25, -0.2) is 8.42 Å². The number of amides is 1. The Balaban J connectivity index is 2.56. The van der Waals surface area contributed by atoms with Gasteiger partial charge in [0.15, 0.2) is 9.84 Å². The lowest BCUT2D eigenvalue weighted by molar-refractivity contribution is -0.133. The summed E-state index contributed by atoms with van der Waals surface area (Å²) in [6.07, 6.45) is 0. The van der Waals surface area contributed by atoms with Gasteiger partial charge in [0, 0.05) is 17.9 Å². The molecule has 0 aliphatic rings. The van der Waals surface area contributed by atoms with Gasteiger partial charge in [-0.15, -0.1) is 11.8 Å². The number of hydrogen-bond acceptors (Lipinski definition) is 5. The summed E-state index contributed by atoms with van der Waals surface area (Å²) in [7, 11) is -3.34. The van der Waals surface area contributed by atoms with Crippen molar-refractivity contribution in [2.45, 2.75) is 24.0 Å². The Bertz CT molecular complexity index is 623. The molecule has 0 unspecified atom stereocenters. The molecule has 0 aliphatic heterocycles. The molecule has 0 aliphatic carbocycles. The van der Waals surface area contributed by atoms with Crippen molar-refractivity contribution < 1.29 is 23.1 Å². The maximum absolute atomic E-state index is 12.0. The fraction of sp³-hybridized carbons (Fsp3) is 0.429. The van der Waals surface area contributed by atoms with Gasteiger partial charge in [0.1, 0.15) is 0 Å². The standard InChI is InChI=1S/C14H19NO5S2/c1-10(2)22(19,20)12-5-3-11(4-6-12)14(18)15-7-8-21-9-13(16)17/h3-6,10H,7-9H2,1-2H3,(H,15,18)(H,16,17). The molecule has 0 radical (unpaired) electrons. The molecule has 0 heterocycles. The average molecular weight is 345 g/mol. The van der Waals surface area contributed by atoms with Crippen LogP contribution in [0, 0.1) is 0 Å². The summed E-state index contributed by atoms with van der Waals surface area (Å²) in [6.45, 7) is 3.55. The minimum atomic E-state index is -3.34. The van der Waals surface area contributed by atoms with Gasteiger partial charge >= 0.3 is 5.97 Å². The van der Waals surface area contributed by atoms with E-state index in [2.05, 4.69) is 5.32 Å². The Labute approximate surface area is 134 Å². The quantitative estimate of drug-likeness (QED) is 0.691. The molecule has 0 atom stereocenters. The average Bonchev–Trinajstić information content (AvgIpc) is 2.46. The molecule has 122 valence electrons. The van der Waals surface area contributed by atoms with Crippen LogP contribution in [0.3, 0.4) is 0 Å². The fourth-order valence-corrected chi connectivity index (χ4v) is 3.19. The zero-order valence-corrected chi connectivity index (χ0v) is 14.0. The second-order valence-electron chi connectivity index (χ2n) is 4.82. The SMILES string of the molecule is CC(C)S(=O)(=O)c1ccc(C(=O)NCCSCC(=O)O)cc1. The molecule has 22 heavy (non-hydrogen) atoms. The van der Waals surface area contributed by atoms with Crippen molar-refractivity contribution in [2.24, 2.45) is 0 Å². The Morgan fingerprint density at radius 3 is 2.32 bits per heavy atom. The molecule has 8 heteroatoms. The van der Waals surface area contributed by atoms with Gasteiger partial charge in [0.2, 0.25) is 0 Å². The fourth-order valence-electron chi connectivity index (χ4n) is 1.57. The molecule has 1 rings (SSSR count). The smallest absolute Gasteiger partial charge is 0.313 e. The van der Waals surface area contributed by atoms with Crippen molar-refractivity contribution in [3.05, 3.63) is 29.8 Å². The predicted molar refractivity (Wildman–Crippen MR) is 86.1 cm³/mol. The van der Waals surface area contributed by atoms with Crippen LogP contribution in [0.15, 0.2) is 29.2 Å². The Morgan fingerprint density at radius 1 is 1.23 bits per heavy atom. The van der Waals surface area contributed by atoms with Crippen LogP contribution in [-0.4, -0.2) is 48.7 Å². The van der Waals surface area contributed by atoms with E-state index in [9.17, 15) is 18.0 Å². The molecular weight excluding hydrogens is 326 g/mol. The number of carboxylic acids is 1. The van der Waals surface area contributed by atoms with Crippen molar-refractivity contribution in [3.63, 3.8) is 0 Å². The van der Waals surface area contributed by atoms with Gasteiger partial charge < -0.3 is 10.4 Å². The number of rotatable bonds is 8. The van der Waals surface area contributed by atoms with Crippen LogP contribution >= 0.6 is 11.8 Å². The summed E-state index contributed by atoms with van der Waals surface area (Å²) in [6, 6.07) is 5.77. The third-order valence-electron chi connectivity index (χ3n) is 2.82. The van der Waals surface area contributed by atoms with Gasteiger partial charge in [0.05, 0.1) is 15.9 Å². The highest BCUT2D eigenvalue weighted by molar-refractivity contribution is 7.99. The normalized spacial score (nSPS) is 11.4. The van der Waals surface area contributed by atoms with Gasteiger partial charge in [-0.05, 0) is 38.1 Å². The lowest BCUT2D eigenvalue weighted by Crippen LogP contribution is -2.26. The molecule has 6 nitrogen and oxygen atoms in total. The third kappa shape index (κ3) is 5.34. The number of hydrogen-bond donors (Lipinski definition) is 2. The molecule has 1 aromatic carbocycles. The number of carbonyl (C=O) groups is 2. The van der Waals surface area contributed by atoms with E-state index in [-0.39, 0.29) is 16.6 Å². The predicted octanol–water partition coefficient (Wildman–Crippen LogP) is 1.42. The second kappa shape index (κ2) is 8.19. The zero-order valence-electron chi connectivity index (χ0n) is 12.4. The van der Waals surface area contributed by atoms with Gasteiger partial charge in [-0.2, -0.15) is 0 Å². The maximum Gasteiger partial charge on any atom is 0.313 e. The first kappa shape index (κ1) is 18.5. The molecular formula is C14H19NO5S2. The Hall–Kier alpha value is -1.54. The van der Waals surface area contributed by atoms with Gasteiger partial charge in [0.25, 0.3) is 5.91 Å². The number of benzene rings is 1.